The molecule has 0 spiro atoms. The first-order valence-electron chi connectivity index (χ1n) is 3.86. The van der Waals surface area contributed by atoms with Crippen molar-refractivity contribution in [1.29, 1.82) is 0 Å². The molecule has 0 bridgehead atoms. The average molecular weight is 143 g/mol. The van der Waals surface area contributed by atoms with Gasteiger partial charge >= 0.3 is 0 Å². The van der Waals surface area contributed by atoms with Crippen LogP contribution in [0.2, 0.25) is 0 Å². The second-order valence-corrected chi connectivity index (χ2v) is 3.61. The fraction of sp³-hybridized carbons (Fsp3) is 1.00. The van der Waals surface area contributed by atoms with E-state index in [1.807, 2.05) is 0 Å². The highest BCUT2D eigenvalue weighted by Gasteiger charge is 2.33. The largest absolute Gasteiger partial charge is 0.325 e. The lowest BCUT2D eigenvalue weighted by Gasteiger charge is -2.38. The molecule has 1 fully saturated rings. The van der Waals surface area contributed by atoms with Crippen molar-refractivity contribution in [3.8, 4) is 0 Å². The molecule has 0 aromatic rings. The van der Waals surface area contributed by atoms with Crippen LogP contribution in [0.3, 0.4) is 0 Å². The molecule has 10 heavy (non-hydrogen) atoms. The average Bonchev–Trinajstić information content (AvgIpc) is 1.78. The van der Waals surface area contributed by atoms with E-state index in [1.54, 1.807) is 0 Å². The van der Waals surface area contributed by atoms with Crippen molar-refractivity contribution in [3.63, 3.8) is 0 Å². The van der Waals surface area contributed by atoms with Crippen LogP contribution in [0.5, 0.6) is 0 Å². The van der Waals surface area contributed by atoms with Crippen LogP contribution >= 0.6 is 0 Å². The van der Waals surface area contributed by atoms with Gasteiger partial charge in [-0.3, -0.25) is 0 Å². The van der Waals surface area contributed by atoms with E-state index < -0.39 is 5.66 Å². The van der Waals surface area contributed by atoms with Gasteiger partial charge in [-0.15, -0.1) is 0 Å². The van der Waals surface area contributed by atoms with Gasteiger partial charge in [-0.25, -0.2) is 0 Å². The van der Waals surface area contributed by atoms with Crippen molar-refractivity contribution < 1.29 is 0 Å². The van der Waals surface area contributed by atoms with Gasteiger partial charge < -0.3 is 17.2 Å². The highest BCUT2D eigenvalue weighted by atomic mass is 15.0. The standard InChI is InChI=1S/C7H17N3/c1-5-2-3-6(8)7(9,10)4-5/h5-6H,2-4,8-10H2,1H3. The third-order valence-electron chi connectivity index (χ3n) is 2.36. The predicted octanol–water partition coefficient (Wildman–Crippen LogP) is -0.253. The summed E-state index contributed by atoms with van der Waals surface area (Å²) in [6.07, 6.45) is 2.99. The van der Waals surface area contributed by atoms with Crippen LogP contribution in [0.4, 0.5) is 0 Å². The zero-order chi connectivity index (χ0) is 7.78. The minimum atomic E-state index is -0.613. The number of hydrogen-bond donors (Lipinski definition) is 3. The van der Waals surface area contributed by atoms with Gasteiger partial charge in [0.2, 0.25) is 0 Å². The zero-order valence-electron chi connectivity index (χ0n) is 6.51. The summed E-state index contributed by atoms with van der Waals surface area (Å²) in [5.74, 6) is 0.634. The van der Waals surface area contributed by atoms with E-state index in [4.69, 9.17) is 17.2 Å². The fourth-order valence-corrected chi connectivity index (χ4v) is 1.59. The Morgan fingerprint density at radius 1 is 1.30 bits per heavy atom. The first-order chi connectivity index (χ1) is 4.52. The van der Waals surface area contributed by atoms with Crippen LogP contribution in [0.25, 0.3) is 0 Å². The van der Waals surface area contributed by atoms with Gasteiger partial charge in [0.15, 0.2) is 0 Å². The SMILES string of the molecule is CC1CCC(N)C(N)(N)C1. The van der Waals surface area contributed by atoms with E-state index in [0.29, 0.717) is 5.92 Å². The Hall–Kier alpha value is -0.120. The third kappa shape index (κ3) is 1.48. The van der Waals surface area contributed by atoms with Crippen LogP contribution in [0, 0.1) is 5.92 Å². The molecule has 0 aromatic carbocycles. The maximum Gasteiger partial charge on any atom is 0.0794 e. The molecule has 0 radical (unpaired) electrons. The molecule has 3 heteroatoms. The maximum absolute atomic E-state index is 5.76. The maximum atomic E-state index is 5.76. The van der Waals surface area contributed by atoms with E-state index in [-0.39, 0.29) is 6.04 Å². The van der Waals surface area contributed by atoms with Crippen molar-refractivity contribution in [2.45, 2.75) is 37.9 Å². The van der Waals surface area contributed by atoms with Gasteiger partial charge in [-0.1, -0.05) is 6.92 Å². The molecule has 0 saturated heterocycles. The van der Waals surface area contributed by atoms with E-state index in [9.17, 15) is 0 Å². The summed E-state index contributed by atoms with van der Waals surface area (Å²) in [5.41, 5.74) is 16.6. The smallest absolute Gasteiger partial charge is 0.0794 e. The number of hydrogen-bond acceptors (Lipinski definition) is 3. The molecule has 1 aliphatic rings. The molecule has 1 rings (SSSR count). The van der Waals surface area contributed by atoms with E-state index in [1.165, 1.54) is 0 Å². The Bertz CT molecular complexity index is 122. The summed E-state index contributed by atoms with van der Waals surface area (Å²) >= 11 is 0. The summed E-state index contributed by atoms with van der Waals surface area (Å²) in [5, 5.41) is 0. The first kappa shape index (κ1) is 7.98. The molecule has 0 heterocycles. The minimum Gasteiger partial charge on any atom is -0.325 e. The third-order valence-corrected chi connectivity index (χ3v) is 2.36. The molecular weight excluding hydrogens is 126 g/mol. The van der Waals surface area contributed by atoms with E-state index >= 15 is 0 Å². The lowest BCUT2D eigenvalue weighted by molar-refractivity contribution is 0.209. The Morgan fingerprint density at radius 2 is 1.90 bits per heavy atom. The van der Waals surface area contributed by atoms with Gasteiger partial charge in [0, 0.05) is 6.04 Å². The van der Waals surface area contributed by atoms with Gasteiger partial charge in [-0.05, 0) is 25.2 Å². The van der Waals surface area contributed by atoms with Crippen molar-refractivity contribution in [3.05, 3.63) is 0 Å². The van der Waals surface area contributed by atoms with Crippen LogP contribution in [-0.2, 0) is 0 Å². The molecule has 1 saturated carbocycles. The van der Waals surface area contributed by atoms with Gasteiger partial charge in [0.05, 0.1) is 5.66 Å². The quantitative estimate of drug-likeness (QED) is 0.409. The molecule has 2 atom stereocenters. The molecule has 1 aliphatic carbocycles. The monoisotopic (exact) mass is 143 g/mol. The molecule has 0 amide bonds. The summed E-state index contributed by atoms with van der Waals surface area (Å²) in [6.45, 7) is 2.17. The van der Waals surface area contributed by atoms with Gasteiger partial charge in [-0.2, -0.15) is 0 Å². The molecular formula is C7H17N3. The molecule has 6 N–H and O–H groups in total. The predicted molar refractivity (Wildman–Crippen MR) is 42.1 cm³/mol. The molecule has 60 valence electrons. The molecule has 0 aliphatic heterocycles. The topological polar surface area (TPSA) is 78.1 Å². The van der Waals surface area contributed by atoms with Crippen molar-refractivity contribution in [2.24, 2.45) is 23.1 Å². The highest BCUT2D eigenvalue weighted by Crippen LogP contribution is 2.25. The molecule has 0 aromatic heterocycles. The zero-order valence-corrected chi connectivity index (χ0v) is 6.51. The Labute approximate surface area is 61.9 Å². The highest BCUT2D eigenvalue weighted by molar-refractivity contribution is 4.93. The fourth-order valence-electron chi connectivity index (χ4n) is 1.59. The Morgan fingerprint density at radius 3 is 2.30 bits per heavy atom. The van der Waals surface area contributed by atoms with Crippen molar-refractivity contribution in [1.82, 2.24) is 0 Å². The first-order valence-corrected chi connectivity index (χ1v) is 3.86. The molecule has 3 nitrogen and oxygen atoms in total. The van der Waals surface area contributed by atoms with E-state index in [0.717, 1.165) is 19.3 Å². The van der Waals surface area contributed by atoms with Crippen LogP contribution in [0.1, 0.15) is 26.2 Å². The number of rotatable bonds is 0. The Kier molecular flexibility index (Phi) is 1.99. The van der Waals surface area contributed by atoms with Crippen molar-refractivity contribution in [2.75, 3.05) is 0 Å². The van der Waals surface area contributed by atoms with Crippen LogP contribution < -0.4 is 17.2 Å². The Balaban J connectivity index is 2.55. The van der Waals surface area contributed by atoms with Gasteiger partial charge in [0.1, 0.15) is 0 Å². The normalized spacial score (nSPS) is 39.6. The summed E-state index contributed by atoms with van der Waals surface area (Å²) < 4.78 is 0. The van der Waals surface area contributed by atoms with Crippen LogP contribution in [0.15, 0.2) is 0 Å². The molecule has 2 unspecified atom stereocenters. The second-order valence-electron chi connectivity index (χ2n) is 3.61. The summed E-state index contributed by atoms with van der Waals surface area (Å²) in [4.78, 5) is 0. The lowest BCUT2D eigenvalue weighted by atomic mass is 9.80. The minimum absolute atomic E-state index is 0.0105. The van der Waals surface area contributed by atoms with Crippen molar-refractivity contribution >= 4 is 0 Å². The second kappa shape index (κ2) is 2.49. The summed E-state index contributed by atoms with van der Waals surface area (Å²) in [6, 6.07) is -0.0105. The summed E-state index contributed by atoms with van der Waals surface area (Å²) in [7, 11) is 0. The van der Waals surface area contributed by atoms with Gasteiger partial charge in [0.25, 0.3) is 0 Å². The number of nitrogens with two attached hydrogens (primary N) is 3. The lowest BCUT2D eigenvalue weighted by Crippen LogP contribution is -2.64. The van der Waals surface area contributed by atoms with E-state index in [2.05, 4.69) is 6.92 Å². The van der Waals surface area contributed by atoms with Crippen LogP contribution in [-0.4, -0.2) is 11.7 Å².